The quantitative estimate of drug-likeness (QED) is 0.808. The van der Waals surface area contributed by atoms with Crippen molar-refractivity contribution in [1.82, 2.24) is 0 Å². The second kappa shape index (κ2) is 6.69. The first-order valence-electron chi connectivity index (χ1n) is 7.60. The van der Waals surface area contributed by atoms with E-state index in [2.05, 4.69) is 19.2 Å². The first-order valence-corrected chi connectivity index (χ1v) is 8.14. The summed E-state index contributed by atoms with van der Waals surface area (Å²) in [5, 5.41) is 3.03. The summed E-state index contributed by atoms with van der Waals surface area (Å²) in [6.07, 6.45) is 3.21. The second-order valence-electron chi connectivity index (χ2n) is 6.31. The molecular formula is C17H24ClNO2. The van der Waals surface area contributed by atoms with Gasteiger partial charge >= 0.3 is 0 Å². The molecule has 0 aromatic heterocycles. The molecule has 1 aromatic rings. The summed E-state index contributed by atoms with van der Waals surface area (Å²) in [7, 11) is 0. The molecule has 21 heavy (non-hydrogen) atoms. The van der Waals surface area contributed by atoms with Crippen molar-refractivity contribution in [2.75, 3.05) is 11.9 Å². The van der Waals surface area contributed by atoms with Crippen LogP contribution in [0.25, 0.3) is 0 Å². The number of carbonyl (C=O) groups excluding carboxylic acids is 1. The van der Waals surface area contributed by atoms with E-state index in [-0.39, 0.29) is 17.2 Å². The van der Waals surface area contributed by atoms with Crippen LogP contribution in [0.15, 0.2) is 18.2 Å². The van der Waals surface area contributed by atoms with Crippen LogP contribution in [0.2, 0.25) is 0 Å². The largest absolute Gasteiger partial charge is 0.494 e. The Morgan fingerprint density at radius 3 is 2.81 bits per heavy atom. The first kappa shape index (κ1) is 16.2. The summed E-state index contributed by atoms with van der Waals surface area (Å²) in [6.45, 7) is 6.89. The zero-order valence-corrected chi connectivity index (χ0v) is 13.8. The minimum absolute atomic E-state index is 0.0866. The summed E-state index contributed by atoms with van der Waals surface area (Å²) >= 11 is 5.96. The van der Waals surface area contributed by atoms with Crippen LogP contribution in [-0.4, -0.2) is 12.5 Å². The third-order valence-corrected chi connectivity index (χ3v) is 4.63. The van der Waals surface area contributed by atoms with Crippen molar-refractivity contribution >= 4 is 23.2 Å². The average Bonchev–Trinajstić information content (AvgIpc) is 2.80. The Morgan fingerprint density at radius 2 is 2.24 bits per heavy atom. The maximum absolute atomic E-state index is 12.5. The van der Waals surface area contributed by atoms with Crippen LogP contribution >= 0.6 is 11.6 Å². The number of carbonyl (C=O) groups is 1. The molecule has 1 atom stereocenters. The first-order chi connectivity index (χ1) is 9.97. The third kappa shape index (κ3) is 3.70. The van der Waals surface area contributed by atoms with Gasteiger partial charge < -0.3 is 10.1 Å². The van der Waals surface area contributed by atoms with Gasteiger partial charge in [0.2, 0.25) is 5.91 Å². The van der Waals surface area contributed by atoms with Crippen LogP contribution in [0.4, 0.5) is 5.69 Å². The third-order valence-electron chi connectivity index (χ3n) is 4.35. The van der Waals surface area contributed by atoms with E-state index in [1.165, 1.54) is 0 Å². The van der Waals surface area contributed by atoms with Gasteiger partial charge in [-0.3, -0.25) is 4.79 Å². The maximum atomic E-state index is 12.5. The van der Waals surface area contributed by atoms with Crippen molar-refractivity contribution in [1.29, 1.82) is 0 Å². The number of amides is 1. The minimum atomic E-state index is 0.0866. The standard InChI is InChI=1S/C17H24ClNO2/c1-4-21-15-8-7-13(10-12(15)11-18)19-16(20)14-6-5-9-17(14,2)3/h7-8,10,14H,4-6,9,11H2,1-3H3,(H,19,20). The number of nitrogens with one attached hydrogen (secondary N) is 1. The van der Waals surface area contributed by atoms with Crippen molar-refractivity contribution in [3.63, 3.8) is 0 Å². The van der Waals surface area contributed by atoms with Crippen LogP contribution in [0.3, 0.4) is 0 Å². The topological polar surface area (TPSA) is 38.3 Å². The predicted octanol–water partition coefficient (Wildman–Crippen LogP) is 4.59. The Labute approximate surface area is 132 Å². The normalized spacial score (nSPS) is 20.3. The fourth-order valence-corrected chi connectivity index (χ4v) is 3.31. The molecule has 0 radical (unpaired) electrons. The van der Waals surface area contributed by atoms with Gasteiger partial charge in [-0.1, -0.05) is 20.3 Å². The van der Waals surface area contributed by atoms with Crippen LogP contribution < -0.4 is 10.1 Å². The van der Waals surface area contributed by atoms with E-state index in [4.69, 9.17) is 16.3 Å². The van der Waals surface area contributed by atoms with Gasteiger partial charge in [-0.15, -0.1) is 11.6 Å². The molecule has 1 amide bonds. The molecule has 1 unspecified atom stereocenters. The van der Waals surface area contributed by atoms with E-state index in [1.807, 2.05) is 25.1 Å². The fraction of sp³-hybridized carbons (Fsp3) is 0.588. The number of hydrogen-bond acceptors (Lipinski definition) is 2. The second-order valence-corrected chi connectivity index (χ2v) is 6.58. The highest BCUT2D eigenvalue weighted by atomic mass is 35.5. The molecule has 3 nitrogen and oxygen atoms in total. The van der Waals surface area contributed by atoms with Gasteiger partial charge in [0.1, 0.15) is 5.75 Å². The van der Waals surface area contributed by atoms with Crippen molar-refractivity contribution in [2.24, 2.45) is 11.3 Å². The highest BCUT2D eigenvalue weighted by Crippen LogP contribution is 2.43. The molecule has 1 N–H and O–H groups in total. The number of hydrogen-bond donors (Lipinski definition) is 1. The van der Waals surface area contributed by atoms with E-state index in [1.54, 1.807) is 0 Å². The highest BCUT2D eigenvalue weighted by molar-refractivity contribution is 6.17. The van der Waals surface area contributed by atoms with Crippen molar-refractivity contribution in [3.05, 3.63) is 23.8 Å². The summed E-state index contributed by atoms with van der Waals surface area (Å²) in [4.78, 5) is 12.5. The number of alkyl halides is 1. The van der Waals surface area contributed by atoms with E-state index in [9.17, 15) is 4.79 Å². The number of anilines is 1. The lowest BCUT2D eigenvalue weighted by Crippen LogP contribution is -2.30. The SMILES string of the molecule is CCOc1ccc(NC(=O)C2CCCC2(C)C)cc1CCl. The molecule has 1 aliphatic rings. The Hall–Kier alpha value is -1.22. The molecule has 4 heteroatoms. The number of halogens is 1. The molecule has 0 bridgehead atoms. The summed E-state index contributed by atoms with van der Waals surface area (Å²) in [5.74, 6) is 1.35. The molecule has 1 fully saturated rings. The smallest absolute Gasteiger partial charge is 0.228 e. The van der Waals surface area contributed by atoms with E-state index in [0.29, 0.717) is 12.5 Å². The zero-order valence-electron chi connectivity index (χ0n) is 13.0. The Bertz CT molecular complexity index is 514. The maximum Gasteiger partial charge on any atom is 0.228 e. The molecule has 0 heterocycles. The Balaban J connectivity index is 2.11. The van der Waals surface area contributed by atoms with Crippen molar-refractivity contribution in [3.8, 4) is 5.75 Å². The van der Waals surface area contributed by atoms with E-state index < -0.39 is 0 Å². The van der Waals surface area contributed by atoms with Crippen molar-refractivity contribution in [2.45, 2.75) is 45.9 Å². The zero-order chi connectivity index (χ0) is 15.5. The van der Waals surface area contributed by atoms with E-state index >= 15 is 0 Å². The van der Waals surface area contributed by atoms with Gasteiger partial charge in [0, 0.05) is 17.2 Å². The van der Waals surface area contributed by atoms with Gasteiger partial charge in [-0.25, -0.2) is 0 Å². The number of benzene rings is 1. The summed E-state index contributed by atoms with van der Waals surface area (Å²) in [5.41, 5.74) is 1.79. The highest BCUT2D eigenvalue weighted by Gasteiger charge is 2.39. The Morgan fingerprint density at radius 1 is 1.48 bits per heavy atom. The van der Waals surface area contributed by atoms with Gasteiger partial charge in [0.25, 0.3) is 0 Å². The van der Waals surface area contributed by atoms with Gasteiger partial charge in [0.15, 0.2) is 0 Å². The molecule has 0 spiro atoms. The minimum Gasteiger partial charge on any atom is -0.494 e. The molecule has 2 rings (SSSR count). The lowest BCUT2D eigenvalue weighted by molar-refractivity contribution is -0.122. The summed E-state index contributed by atoms with van der Waals surface area (Å²) in [6, 6.07) is 5.65. The average molecular weight is 310 g/mol. The molecule has 0 saturated heterocycles. The predicted molar refractivity (Wildman–Crippen MR) is 86.9 cm³/mol. The molecule has 1 saturated carbocycles. The van der Waals surface area contributed by atoms with Crippen LogP contribution in [0.5, 0.6) is 5.75 Å². The van der Waals surface area contributed by atoms with Gasteiger partial charge in [-0.05, 0) is 43.4 Å². The van der Waals surface area contributed by atoms with E-state index in [0.717, 1.165) is 36.3 Å². The molecule has 116 valence electrons. The number of rotatable bonds is 5. The molecule has 1 aromatic carbocycles. The lowest BCUT2D eigenvalue weighted by Gasteiger charge is -2.26. The molecule has 0 aliphatic heterocycles. The monoisotopic (exact) mass is 309 g/mol. The Kier molecular flexibility index (Phi) is 5.15. The van der Waals surface area contributed by atoms with Crippen LogP contribution in [0, 0.1) is 11.3 Å². The molecular weight excluding hydrogens is 286 g/mol. The van der Waals surface area contributed by atoms with Crippen LogP contribution in [-0.2, 0) is 10.7 Å². The summed E-state index contributed by atoms with van der Waals surface area (Å²) < 4.78 is 5.52. The molecule has 1 aliphatic carbocycles. The van der Waals surface area contributed by atoms with Gasteiger partial charge in [-0.2, -0.15) is 0 Å². The lowest BCUT2D eigenvalue weighted by atomic mass is 9.81. The number of ether oxygens (including phenoxy) is 1. The van der Waals surface area contributed by atoms with Gasteiger partial charge in [0.05, 0.1) is 12.5 Å². The fourth-order valence-electron chi connectivity index (χ4n) is 3.10. The van der Waals surface area contributed by atoms with Crippen LogP contribution in [0.1, 0.15) is 45.6 Å². The van der Waals surface area contributed by atoms with Crippen molar-refractivity contribution < 1.29 is 9.53 Å².